The van der Waals surface area contributed by atoms with Crippen molar-refractivity contribution in [2.75, 3.05) is 11.1 Å². The number of rotatable bonds is 8. The van der Waals surface area contributed by atoms with Gasteiger partial charge in [-0.1, -0.05) is 78.4 Å². The highest BCUT2D eigenvalue weighted by molar-refractivity contribution is 8.01. The molecule has 0 aliphatic rings. The lowest BCUT2D eigenvalue weighted by Gasteiger charge is -2.22. The molecule has 2 N–H and O–H groups in total. The van der Waals surface area contributed by atoms with E-state index < -0.39 is 0 Å². The third-order valence-corrected chi connectivity index (χ3v) is 5.86. The van der Waals surface area contributed by atoms with Crippen LogP contribution in [0.15, 0.2) is 84.9 Å². The number of thioether (sulfide) groups is 1. The SMILES string of the molecule is Cc1ccc(NC(=O)CS[C@@H](C)C(=O)NC(c2ccccc2)c2ccccc2)cc1. The number of carbonyl (C=O) groups is 2. The number of amides is 2. The van der Waals surface area contributed by atoms with Crippen LogP contribution >= 0.6 is 11.8 Å². The third kappa shape index (κ3) is 6.22. The van der Waals surface area contributed by atoms with Crippen LogP contribution in [0.25, 0.3) is 0 Å². The van der Waals surface area contributed by atoms with Gasteiger partial charge >= 0.3 is 0 Å². The summed E-state index contributed by atoms with van der Waals surface area (Å²) in [5.41, 5.74) is 3.94. The van der Waals surface area contributed by atoms with Gasteiger partial charge in [0, 0.05) is 5.69 Å². The number of carbonyl (C=O) groups excluding carboxylic acids is 2. The number of hydrogen-bond donors (Lipinski definition) is 2. The van der Waals surface area contributed by atoms with E-state index in [1.807, 2.05) is 98.8 Å². The molecule has 1 atom stereocenters. The van der Waals surface area contributed by atoms with Crippen molar-refractivity contribution in [3.63, 3.8) is 0 Å². The summed E-state index contributed by atoms with van der Waals surface area (Å²) in [6.45, 7) is 3.83. The summed E-state index contributed by atoms with van der Waals surface area (Å²) in [5, 5.41) is 5.64. The van der Waals surface area contributed by atoms with Gasteiger partial charge in [-0.3, -0.25) is 9.59 Å². The van der Waals surface area contributed by atoms with Gasteiger partial charge < -0.3 is 10.6 Å². The summed E-state index contributed by atoms with van der Waals surface area (Å²) in [6, 6.07) is 27.2. The second kappa shape index (κ2) is 10.6. The first-order valence-corrected chi connectivity index (χ1v) is 11.0. The van der Waals surface area contributed by atoms with Gasteiger partial charge in [0.1, 0.15) is 0 Å². The van der Waals surface area contributed by atoms with Crippen molar-refractivity contribution in [1.82, 2.24) is 5.32 Å². The summed E-state index contributed by atoms with van der Waals surface area (Å²) in [5.74, 6) is -0.00362. The van der Waals surface area contributed by atoms with Crippen LogP contribution in [-0.2, 0) is 9.59 Å². The number of hydrogen-bond acceptors (Lipinski definition) is 3. The van der Waals surface area contributed by atoms with Crippen LogP contribution in [0.4, 0.5) is 5.69 Å². The smallest absolute Gasteiger partial charge is 0.234 e. The van der Waals surface area contributed by atoms with Gasteiger partial charge in [-0.2, -0.15) is 0 Å². The molecule has 0 unspecified atom stereocenters. The predicted octanol–water partition coefficient (Wildman–Crippen LogP) is 4.96. The van der Waals surface area contributed by atoms with Gasteiger partial charge in [0.2, 0.25) is 11.8 Å². The molecular weight excluding hydrogens is 392 g/mol. The fourth-order valence-corrected chi connectivity index (χ4v) is 3.71. The molecule has 0 spiro atoms. The Labute approximate surface area is 182 Å². The Morgan fingerprint density at radius 2 is 1.37 bits per heavy atom. The molecule has 5 heteroatoms. The van der Waals surface area contributed by atoms with Gasteiger partial charge in [0.15, 0.2) is 0 Å². The van der Waals surface area contributed by atoms with Gasteiger partial charge in [0.05, 0.1) is 17.0 Å². The Bertz CT molecular complexity index is 920. The van der Waals surface area contributed by atoms with Crippen molar-refractivity contribution >= 4 is 29.3 Å². The molecule has 0 fully saturated rings. The lowest BCUT2D eigenvalue weighted by molar-refractivity contribution is -0.120. The van der Waals surface area contributed by atoms with Gasteiger partial charge in [-0.15, -0.1) is 11.8 Å². The van der Waals surface area contributed by atoms with Crippen LogP contribution in [0.3, 0.4) is 0 Å². The average Bonchev–Trinajstić information content (AvgIpc) is 2.78. The van der Waals surface area contributed by atoms with E-state index in [4.69, 9.17) is 0 Å². The highest BCUT2D eigenvalue weighted by Crippen LogP contribution is 2.23. The first-order valence-electron chi connectivity index (χ1n) is 9.91. The highest BCUT2D eigenvalue weighted by Gasteiger charge is 2.21. The molecule has 3 aromatic rings. The lowest BCUT2D eigenvalue weighted by atomic mass is 9.98. The maximum atomic E-state index is 12.8. The lowest BCUT2D eigenvalue weighted by Crippen LogP contribution is -2.35. The van der Waals surface area contributed by atoms with Crippen molar-refractivity contribution in [2.24, 2.45) is 0 Å². The van der Waals surface area contributed by atoms with Crippen molar-refractivity contribution in [3.8, 4) is 0 Å². The zero-order valence-corrected chi connectivity index (χ0v) is 18.0. The summed E-state index contributed by atoms with van der Waals surface area (Å²) < 4.78 is 0. The zero-order valence-electron chi connectivity index (χ0n) is 17.2. The average molecular weight is 419 g/mol. The molecule has 4 nitrogen and oxygen atoms in total. The molecular formula is C25H26N2O2S. The third-order valence-electron chi connectivity index (χ3n) is 4.72. The second-order valence-electron chi connectivity index (χ2n) is 7.13. The van der Waals surface area contributed by atoms with Crippen LogP contribution in [0.2, 0.25) is 0 Å². The number of nitrogens with one attached hydrogen (secondary N) is 2. The Hall–Kier alpha value is -3.05. The fourth-order valence-electron chi connectivity index (χ4n) is 3.02. The molecule has 0 aliphatic heterocycles. The summed E-state index contributed by atoms with van der Waals surface area (Å²) in [4.78, 5) is 25.1. The molecule has 0 aliphatic carbocycles. The molecule has 0 heterocycles. The standard InChI is InChI=1S/C25H26N2O2S/c1-18-13-15-22(16-14-18)26-23(28)17-30-19(2)25(29)27-24(20-9-5-3-6-10-20)21-11-7-4-8-12-21/h3-16,19,24H,17H2,1-2H3,(H,26,28)(H,27,29)/t19-/m0/s1. The molecule has 0 radical (unpaired) electrons. The Kier molecular flexibility index (Phi) is 7.69. The molecule has 3 aromatic carbocycles. The molecule has 0 saturated heterocycles. The summed E-state index contributed by atoms with van der Waals surface area (Å²) >= 11 is 1.32. The van der Waals surface area contributed by atoms with E-state index in [1.54, 1.807) is 0 Å². The van der Waals surface area contributed by atoms with Gasteiger partial charge in [-0.25, -0.2) is 0 Å². The maximum absolute atomic E-state index is 12.8. The number of aryl methyl sites for hydroxylation is 1. The Balaban J connectivity index is 1.58. The highest BCUT2D eigenvalue weighted by atomic mass is 32.2. The summed E-state index contributed by atoms with van der Waals surface area (Å²) in [7, 11) is 0. The molecule has 0 bridgehead atoms. The first kappa shape index (κ1) is 21.7. The topological polar surface area (TPSA) is 58.2 Å². The van der Waals surface area contributed by atoms with Crippen molar-refractivity contribution in [2.45, 2.75) is 25.1 Å². The van der Waals surface area contributed by atoms with Crippen LogP contribution in [0.1, 0.15) is 29.7 Å². The Morgan fingerprint density at radius 1 is 0.833 bits per heavy atom. The largest absolute Gasteiger partial charge is 0.344 e. The molecule has 154 valence electrons. The van der Waals surface area contributed by atoms with E-state index >= 15 is 0 Å². The van der Waals surface area contributed by atoms with E-state index in [1.165, 1.54) is 11.8 Å². The van der Waals surface area contributed by atoms with Crippen molar-refractivity contribution in [3.05, 3.63) is 102 Å². The monoisotopic (exact) mass is 418 g/mol. The van der Waals surface area contributed by atoms with Crippen molar-refractivity contribution < 1.29 is 9.59 Å². The molecule has 0 saturated carbocycles. The van der Waals surface area contributed by atoms with E-state index in [9.17, 15) is 9.59 Å². The minimum atomic E-state index is -0.358. The minimum absolute atomic E-state index is 0.0964. The van der Waals surface area contributed by atoms with Gasteiger partial charge in [0.25, 0.3) is 0 Å². The second-order valence-corrected chi connectivity index (χ2v) is 8.46. The summed E-state index contributed by atoms with van der Waals surface area (Å²) in [6.07, 6.45) is 0. The molecule has 0 aromatic heterocycles. The molecule has 2 amide bonds. The minimum Gasteiger partial charge on any atom is -0.344 e. The molecule has 3 rings (SSSR count). The maximum Gasteiger partial charge on any atom is 0.234 e. The normalized spacial score (nSPS) is 11.7. The van der Waals surface area contributed by atoms with Gasteiger partial charge in [-0.05, 0) is 37.1 Å². The van der Waals surface area contributed by atoms with E-state index in [2.05, 4.69) is 10.6 Å². The van der Waals surface area contributed by atoms with Crippen LogP contribution in [-0.4, -0.2) is 22.8 Å². The Morgan fingerprint density at radius 3 is 1.90 bits per heavy atom. The van der Waals surface area contributed by atoms with E-state index in [-0.39, 0.29) is 28.9 Å². The number of benzene rings is 3. The van der Waals surface area contributed by atoms with Crippen LogP contribution in [0, 0.1) is 6.92 Å². The van der Waals surface area contributed by atoms with Crippen LogP contribution < -0.4 is 10.6 Å². The van der Waals surface area contributed by atoms with E-state index in [0.29, 0.717) is 0 Å². The first-order chi connectivity index (χ1) is 14.5. The zero-order chi connectivity index (χ0) is 21.3. The fraction of sp³-hybridized carbons (Fsp3) is 0.200. The van der Waals surface area contributed by atoms with E-state index in [0.717, 1.165) is 22.4 Å². The molecule has 30 heavy (non-hydrogen) atoms. The van der Waals surface area contributed by atoms with Crippen LogP contribution in [0.5, 0.6) is 0 Å². The van der Waals surface area contributed by atoms with Crippen molar-refractivity contribution in [1.29, 1.82) is 0 Å². The number of anilines is 1. The predicted molar refractivity (Wildman–Crippen MR) is 125 cm³/mol. The quantitative estimate of drug-likeness (QED) is 0.544.